The summed E-state index contributed by atoms with van der Waals surface area (Å²) in [5.41, 5.74) is 1.22. The third-order valence-electron chi connectivity index (χ3n) is 4.57. The molecule has 26 heavy (non-hydrogen) atoms. The second-order valence-corrected chi connectivity index (χ2v) is 7.07. The molecule has 132 valence electrons. The van der Waals surface area contributed by atoms with Crippen LogP contribution < -0.4 is 5.32 Å². The van der Waals surface area contributed by atoms with Crippen LogP contribution in [0.3, 0.4) is 0 Å². The lowest BCUT2D eigenvalue weighted by Crippen LogP contribution is -2.44. The Labute approximate surface area is 157 Å². The zero-order valence-corrected chi connectivity index (χ0v) is 15.2. The van der Waals surface area contributed by atoms with Gasteiger partial charge in [0.15, 0.2) is 0 Å². The normalized spacial score (nSPS) is 16.1. The molecule has 1 aliphatic rings. The fourth-order valence-electron chi connectivity index (χ4n) is 3.13. The van der Waals surface area contributed by atoms with E-state index in [4.69, 9.17) is 10.00 Å². The number of carbonyl (C=O) groups is 1. The van der Waals surface area contributed by atoms with E-state index < -0.39 is 5.41 Å². The van der Waals surface area contributed by atoms with Gasteiger partial charge in [-0.15, -0.1) is 0 Å². The van der Waals surface area contributed by atoms with E-state index >= 15 is 0 Å². The van der Waals surface area contributed by atoms with Crippen LogP contribution >= 0.6 is 11.8 Å². The number of nitriles is 1. The predicted octanol–water partition coefficient (Wildman–Crippen LogP) is 4.50. The molecule has 0 spiro atoms. The summed E-state index contributed by atoms with van der Waals surface area (Å²) < 4.78 is 5.51. The minimum atomic E-state index is -0.584. The fraction of sp³-hybridized carbons (Fsp3) is 0.238. The SMILES string of the molecule is N#C/C=C/Sc1ccc(C2(C(=O)Nc3ccccc3)CCOCC2)cc1. The van der Waals surface area contributed by atoms with Crippen LogP contribution in [0.2, 0.25) is 0 Å². The number of nitrogens with zero attached hydrogens (tertiary/aromatic N) is 1. The number of thioether (sulfide) groups is 1. The van der Waals surface area contributed by atoms with E-state index in [-0.39, 0.29) is 5.91 Å². The Hall–Kier alpha value is -2.55. The van der Waals surface area contributed by atoms with Crippen molar-refractivity contribution in [2.45, 2.75) is 23.2 Å². The molecule has 1 heterocycles. The highest BCUT2D eigenvalue weighted by Crippen LogP contribution is 2.37. The van der Waals surface area contributed by atoms with Crippen molar-refractivity contribution in [3.05, 3.63) is 71.6 Å². The monoisotopic (exact) mass is 364 g/mol. The summed E-state index contributed by atoms with van der Waals surface area (Å²) in [4.78, 5) is 14.2. The molecule has 0 unspecified atom stereocenters. The van der Waals surface area contributed by atoms with E-state index in [1.54, 1.807) is 5.41 Å². The topological polar surface area (TPSA) is 62.1 Å². The van der Waals surface area contributed by atoms with Gasteiger partial charge in [0, 0.05) is 29.9 Å². The van der Waals surface area contributed by atoms with Crippen LogP contribution in [0.15, 0.2) is 71.0 Å². The molecule has 0 saturated carbocycles. The third kappa shape index (κ3) is 4.16. The van der Waals surface area contributed by atoms with Crippen molar-refractivity contribution in [1.82, 2.24) is 0 Å². The molecule has 0 atom stereocenters. The van der Waals surface area contributed by atoms with E-state index in [9.17, 15) is 4.79 Å². The number of rotatable bonds is 5. The molecular formula is C21H20N2O2S. The number of anilines is 1. The summed E-state index contributed by atoms with van der Waals surface area (Å²) in [6.07, 6.45) is 2.77. The van der Waals surface area contributed by atoms with Gasteiger partial charge < -0.3 is 10.1 Å². The second kappa shape index (κ2) is 8.70. The zero-order chi connectivity index (χ0) is 18.2. The molecule has 0 aromatic heterocycles. The molecule has 1 amide bonds. The Kier molecular flexibility index (Phi) is 6.11. The van der Waals surface area contributed by atoms with Gasteiger partial charge in [-0.2, -0.15) is 5.26 Å². The number of nitrogens with one attached hydrogen (secondary N) is 1. The maximum Gasteiger partial charge on any atom is 0.235 e. The number of carbonyl (C=O) groups excluding carboxylic acids is 1. The van der Waals surface area contributed by atoms with Crippen molar-refractivity contribution < 1.29 is 9.53 Å². The van der Waals surface area contributed by atoms with Gasteiger partial charge in [0.25, 0.3) is 0 Å². The summed E-state index contributed by atoms with van der Waals surface area (Å²) in [6, 6.07) is 19.5. The Bertz CT molecular complexity index is 804. The van der Waals surface area contributed by atoms with Gasteiger partial charge in [0.05, 0.1) is 11.5 Å². The molecule has 1 N–H and O–H groups in total. The lowest BCUT2D eigenvalue weighted by Gasteiger charge is -2.36. The van der Waals surface area contributed by atoms with Crippen molar-refractivity contribution >= 4 is 23.4 Å². The van der Waals surface area contributed by atoms with Crippen molar-refractivity contribution in [3.8, 4) is 6.07 Å². The summed E-state index contributed by atoms with van der Waals surface area (Å²) in [5.74, 6) is 0.0109. The van der Waals surface area contributed by atoms with E-state index in [0.29, 0.717) is 26.1 Å². The minimum Gasteiger partial charge on any atom is -0.381 e. The molecule has 2 aromatic rings. The highest BCUT2D eigenvalue weighted by molar-refractivity contribution is 8.02. The Balaban J connectivity index is 1.84. The van der Waals surface area contributed by atoms with Crippen molar-refractivity contribution in [2.24, 2.45) is 0 Å². The number of hydrogen-bond acceptors (Lipinski definition) is 4. The van der Waals surface area contributed by atoms with Crippen LogP contribution in [0.1, 0.15) is 18.4 Å². The first-order chi connectivity index (χ1) is 12.7. The Morgan fingerprint density at radius 2 is 1.81 bits per heavy atom. The molecule has 1 saturated heterocycles. The summed E-state index contributed by atoms with van der Waals surface area (Å²) >= 11 is 1.48. The average Bonchev–Trinajstić information content (AvgIpc) is 2.70. The molecule has 0 radical (unpaired) electrons. The minimum absolute atomic E-state index is 0.0109. The largest absolute Gasteiger partial charge is 0.381 e. The van der Waals surface area contributed by atoms with E-state index in [2.05, 4.69) is 5.32 Å². The molecule has 3 rings (SSSR count). The number of hydrogen-bond donors (Lipinski definition) is 1. The summed E-state index contributed by atoms with van der Waals surface area (Å²) in [5, 5.41) is 13.4. The van der Waals surface area contributed by atoms with Gasteiger partial charge in [0.2, 0.25) is 5.91 Å². The van der Waals surface area contributed by atoms with Crippen molar-refractivity contribution in [2.75, 3.05) is 18.5 Å². The van der Waals surface area contributed by atoms with E-state index in [0.717, 1.165) is 16.1 Å². The smallest absolute Gasteiger partial charge is 0.235 e. The number of amides is 1. The summed E-state index contributed by atoms with van der Waals surface area (Å²) in [7, 11) is 0. The van der Waals surface area contributed by atoms with E-state index in [1.807, 2.05) is 60.7 Å². The highest BCUT2D eigenvalue weighted by atomic mass is 32.2. The number of para-hydroxylation sites is 1. The Morgan fingerprint density at radius 3 is 2.46 bits per heavy atom. The first kappa shape index (κ1) is 18.2. The van der Waals surface area contributed by atoms with Crippen LogP contribution in [-0.4, -0.2) is 19.1 Å². The summed E-state index contributed by atoms with van der Waals surface area (Å²) in [6.45, 7) is 1.15. The lowest BCUT2D eigenvalue weighted by atomic mass is 9.73. The number of allylic oxidation sites excluding steroid dienone is 1. The molecule has 5 heteroatoms. The van der Waals surface area contributed by atoms with Crippen LogP contribution in [0.4, 0.5) is 5.69 Å². The quantitative estimate of drug-likeness (QED) is 0.627. The van der Waals surface area contributed by atoms with Gasteiger partial charge in [-0.1, -0.05) is 42.1 Å². The first-order valence-electron chi connectivity index (χ1n) is 8.51. The second-order valence-electron chi connectivity index (χ2n) is 6.09. The Morgan fingerprint density at radius 1 is 1.12 bits per heavy atom. The average molecular weight is 364 g/mol. The van der Waals surface area contributed by atoms with Gasteiger partial charge >= 0.3 is 0 Å². The molecule has 1 fully saturated rings. The molecule has 1 aliphatic heterocycles. The number of ether oxygens (including phenoxy) is 1. The third-order valence-corrected chi connectivity index (χ3v) is 5.38. The maximum absolute atomic E-state index is 13.2. The zero-order valence-electron chi connectivity index (χ0n) is 14.4. The van der Waals surface area contributed by atoms with Gasteiger partial charge in [-0.3, -0.25) is 4.79 Å². The predicted molar refractivity (Wildman–Crippen MR) is 104 cm³/mol. The molecule has 2 aromatic carbocycles. The molecule has 4 nitrogen and oxygen atoms in total. The highest BCUT2D eigenvalue weighted by Gasteiger charge is 2.41. The van der Waals surface area contributed by atoms with Crippen molar-refractivity contribution in [1.29, 1.82) is 5.26 Å². The van der Waals surface area contributed by atoms with Gasteiger partial charge in [-0.25, -0.2) is 0 Å². The first-order valence-corrected chi connectivity index (χ1v) is 9.39. The van der Waals surface area contributed by atoms with E-state index in [1.165, 1.54) is 17.8 Å². The standard InChI is InChI=1S/C21H20N2O2S/c22-13-4-16-26-19-9-7-17(8-10-19)21(11-14-25-15-12-21)20(24)23-18-5-2-1-3-6-18/h1-10,16H,11-12,14-15H2,(H,23,24)/b16-4+. The maximum atomic E-state index is 13.2. The van der Waals surface area contributed by atoms with Crippen molar-refractivity contribution in [3.63, 3.8) is 0 Å². The molecule has 0 aliphatic carbocycles. The van der Waals surface area contributed by atoms with Crippen LogP contribution in [-0.2, 0) is 14.9 Å². The lowest BCUT2D eigenvalue weighted by molar-refractivity contribution is -0.125. The van der Waals surface area contributed by atoms with Crippen LogP contribution in [0.5, 0.6) is 0 Å². The van der Waals surface area contributed by atoms with Gasteiger partial charge in [-0.05, 0) is 48.1 Å². The number of benzene rings is 2. The fourth-order valence-corrected chi connectivity index (χ4v) is 3.71. The molecular weight excluding hydrogens is 344 g/mol. The van der Waals surface area contributed by atoms with Crippen LogP contribution in [0.25, 0.3) is 0 Å². The van der Waals surface area contributed by atoms with Gasteiger partial charge in [0.1, 0.15) is 0 Å². The molecule has 0 bridgehead atoms. The van der Waals surface area contributed by atoms with Crippen LogP contribution in [0, 0.1) is 11.3 Å².